The summed E-state index contributed by atoms with van der Waals surface area (Å²) in [5.74, 6) is 0.396. The van der Waals surface area contributed by atoms with Gasteiger partial charge in [0.1, 0.15) is 5.82 Å². The van der Waals surface area contributed by atoms with Crippen molar-refractivity contribution in [3.63, 3.8) is 0 Å². The van der Waals surface area contributed by atoms with Gasteiger partial charge in [-0.2, -0.15) is 0 Å². The average molecular weight is 368 g/mol. The lowest BCUT2D eigenvalue weighted by Gasteiger charge is -2.20. The predicted octanol–water partition coefficient (Wildman–Crippen LogP) is 2.94. The van der Waals surface area contributed by atoms with E-state index in [1.807, 2.05) is 42.5 Å². The molecule has 6 heteroatoms. The van der Waals surface area contributed by atoms with Crippen molar-refractivity contribution in [3.8, 4) is 5.69 Å². The number of amides is 1. The molecule has 4 aromatic rings. The lowest BCUT2D eigenvalue weighted by molar-refractivity contribution is 0.0728. The SMILES string of the molecule is O=C1c2ccccc2-n2c(nc3ccccc3c2=O)CN1Cc1ccccn1. The van der Waals surface area contributed by atoms with Crippen LogP contribution in [0.3, 0.4) is 0 Å². The van der Waals surface area contributed by atoms with E-state index >= 15 is 0 Å². The Balaban J connectivity index is 1.75. The van der Waals surface area contributed by atoms with Crippen molar-refractivity contribution in [2.24, 2.45) is 0 Å². The number of rotatable bonds is 2. The van der Waals surface area contributed by atoms with E-state index in [4.69, 9.17) is 4.98 Å². The Hall–Kier alpha value is -3.80. The quantitative estimate of drug-likeness (QED) is 0.546. The molecule has 1 aliphatic rings. The summed E-state index contributed by atoms with van der Waals surface area (Å²) in [4.78, 5) is 37.2. The third-order valence-corrected chi connectivity index (χ3v) is 4.92. The lowest BCUT2D eigenvalue weighted by atomic mass is 10.1. The normalized spacial score (nSPS) is 13.1. The van der Waals surface area contributed by atoms with Gasteiger partial charge >= 0.3 is 0 Å². The van der Waals surface area contributed by atoms with Crippen LogP contribution in [-0.2, 0) is 13.1 Å². The smallest absolute Gasteiger partial charge is 0.266 e. The molecule has 28 heavy (non-hydrogen) atoms. The van der Waals surface area contributed by atoms with Crippen molar-refractivity contribution in [1.29, 1.82) is 0 Å². The predicted molar refractivity (Wildman–Crippen MR) is 105 cm³/mol. The molecule has 2 aromatic carbocycles. The molecule has 0 saturated heterocycles. The minimum Gasteiger partial charge on any atom is -0.325 e. The number of para-hydroxylation sites is 2. The molecular weight excluding hydrogens is 352 g/mol. The summed E-state index contributed by atoms with van der Waals surface area (Å²) in [5.41, 5.74) is 2.29. The number of pyridine rings is 1. The number of hydrogen-bond acceptors (Lipinski definition) is 4. The van der Waals surface area contributed by atoms with Crippen LogP contribution in [0.4, 0.5) is 0 Å². The second-order valence-electron chi connectivity index (χ2n) is 6.69. The first-order valence-corrected chi connectivity index (χ1v) is 9.01. The summed E-state index contributed by atoms with van der Waals surface area (Å²) in [7, 11) is 0. The Morgan fingerprint density at radius 3 is 2.54 bits per heavy atom. The molecule has 5 rings (SSSR count). The zero-order valence-electron chi connectivity index (χ0n) is 14.9. The number of aromatic nitrogens is 3. The summed E-state index contributed by atoms with van der Waals surface area (Å²) in [6.07, 6.45) is 1.70. The van der Waals surface area contributed by atoms with Gasteiger partial charge in [0.05, 0.1) is 40.9 Å². The highest BCUT2D eigenvalue weighted by molar-refractivity contribution is 5.98. The Morgan fingerprint density at radius 1 is 0.893 bits per heavy atom. The molecule has 0 radical (unpaired) electrons. The van der Waals surface area contributed by atoms with Gasteiger partial charge in [-0.05, 0) is 36.4 Å². The van der Waals surface area contributed by atoms with Crippen molar-refractivity contribution in [2.45, 2.75) is 13.1 Å². The summed E-state index contributed by atoms with van der Waals surface area (Å²) < 4.78 is 1.56. The second kappa shape index (κ2) is 6.42. The maximum absolute atomic E-state index is 13.3. The largest absolute Gasteiger partial charge is 0.325 e. The van der Waals surface area contributed by atoms with Crippen LogP contribution in [0.1, 0.15) is 21.9 Å². The molecule has 2 aromatic heterocycles. The van der Waals surface area contributed by atoms with Gasteiger partial charge in [0, 0.05) is 6.20 Å². The summed E-state index contributed by atoms with van der Waals surface area (Å²) >= 11 is 0. The topological polar surface area (TPSA) is 68.1 Å². The van der Waals surface area contributed by atoms with Crippen LogP contribution in [0, 0.1) is 0 Å². The van der Waals surface area contributed by atoms with Crippen LogP contribution in [-0.4, -0.2) is 25.3 Å². The van der Waals surface area contributed by atoms with E-state index in [2.05, 4.69) is 4.98 Å². The molecule has 1 amide bonds. The van der Waals surface area contributed by atoms with Gasteiger partial charge in [0.25, 0.3) is 11.5 Å². The fraction of sp³-hybridized carbons (Fsp3) is 0.0909. The highest BCUT2D eigenvalue weighted by Gasteiger charge is 2.28. The van der Waals surface area contributed by atoms with E-state index in [-0.39, 0.29) is 18.0 Å². The molecule has 3 heterocycles. The fourth-order valence-corrected chi connectivity index (χ4v) is 3.61. The molecule has 0 bridgehead atoms. The number of nitrogens with zero attached hydrogens (tertiary/aromatic N) is 4. The highest BCUT2D eigenvalue weighted by atomic mass is 16.2. The molecule has 0 spiro atoms. The van der Waals surface area contributed by atoms with Crippen molar-refractivity contribution in [2.75, 3.05) is 0 Å². The van der Waals surface area contributed by atoms with E-state index in [1.54, 1.807) is 39.9 Å². The van der Waals surface area contributed by atoms with E-state index in [0.717, 1.165) is 5.69 Å². The minimum atomic E-state index is -0.166. The maximum Gasteiger partial charge on any atom is 0.266 e. The standard InChI is InChI=1S/C22H16N4O2/c27-21-17-9-2-4-11-19(17)26-20(14-25(21)13-15-7-5-6-12-23-15)24-18-10-3-1-8-16(18)22(26)28/h1-12H,13-14H2. The summed E-state index contributed by atoms with van der Waals surface area (Å²) in [6.45, 7) is 0.570. The molecule has 0 saturated carbocycles. The van der Waals surface area contributed by atoms with Crippen LogP contribution in [0.25, 0.3) is 16.6 Å². The maximum atomic E-state index is 13.3. The van der Waals surface area contributed by atoms with Gasteiger partial charge in [-0.25, -0.2) is 4.98 Å². The number of carbonyl (C=O) groups excluding carboxylic acids is 1. The number of benzene rings is 2. The lowest BCUT2D eigenvalue weighted by Crippen LogP contribution is -2.30. The van der Waals surface area contributed by atoms with Crippen LogP contribution >= 0.6 is 0 Å². The fourth-order valence-electron chi connectivity index (χ4n) is 3.61. The van der Waals surface area contributed by atoms with E-state index in [9.17, 15) is 9.59 Å². The van der Waals surface area contributed by atoms with Gasteiger partial charge in [0.2, 0.25) is 0 Å². The first-order valence-electron chi connectivity index (χ1n) is 9.01. The zero-order valence-corrected chi connectivity index (χ0v) is 14.9. The van der Waals surface area contributed by atoms with Crippen molar-refractivity contribution in [1.82, 2.24) is 19.4 Å². The van der Waals surface area contributed by atoms with Gasteiger partial charge in [-0.3, -0.25) is 19.1 Å². The molecule has 6 nitrogen and oxygen atoms in total. The molecule has 0 atom stereocenters. The number of fused-ring (bicyclic) bond motifs is 4. The molecule has 136 valence electrons. The van der Waals surface area contributed by atoms with E-state index in [1.165, 1.54) is 0 Å². The summed E-state index contributed by atoms with van der Waals surface area (Å²) in [5, 5.41) is 0.534. The molecule has 0 fully saturated rings. The van der Waals surface area contributed by atoms with Crippen LogP contribution < -0.4 is 5.56 Å². The minimum absolute atomic E-state index is 0.143. The Kier molecular flexibility index (Phi) is 3.76. The molecular formula is C22H16N4O2. The summed E-state index contributed by atoms with van der Waals surface area (Å²) in [6, 6.07) is 20.0. The molecule has 0 aliphatic carbocycles. The number of carbonyl (C=O) groups is 1. The van der Waals surface area contributed by atoms with Crippen LogP contribution in [0.2, 0.25) is 0 Å². The van der Waals surface area contributed by atoms with E-state index < -0.39 is 0 Å². The van der Waals surface area contributed by atoms with Crippen molar-refractivity contribution >= 4 is 16.8 Å². The van der Waals surface area contributed by atoms with E-state index in [0.29, 0.717) is 34.5 Å². The Morgan fingerprint density at radius 2 is 1.68 bits per heavy atom. The van der Waals surface area contributed by atoms with Crippen molar-refractivity contribution < 1.29 is 4.79 Å². The van der Waals surface area contributed by atoms with Gasteiger partial charge in [-0.1, -0.05) is 30.3 Å². The van der Waals surface area contributed by atoms with Crippen LogP contribution in [0.5, 0.6) is 0 Å². The third-order valence-electron chi connectivity index (χ3n) is 4.92. The highest BCUT2D eigenvalue weighted by Crippen LogP contribution is 2.24. The Bertz CT molecular complexity index is 1260. The first-order chi connectivity index (χ1) is 13.7. The van der Waals surface area contributed by atoms with Crippen molar-refractivity contribution in [3.05, 3.63) is 100 Å². The first kappa shape index (κ1) is 16.4. The number of hydrogen-bond donors (Lipinski definition) is 0. The molecule has 1 aliphatic heterocycles. The Labute approximate surface area is 160 Å². The second-order valence-corrected chi connectivity index (χ2v) is 6.69. The zero-order chi connectivity index (χ0) is 19.1. The van der Waals surface area contributed by atoms with Gasteiger partial charge < -0.3 is 4.90 Å². The molecule has 0 unspecified atom stereocenters. The van der Waals surface area contributed by atoms with Gasteiger partial charge in [-0.15, -0.1) is 0 Å². The third kappa shape index (κ3) is 2.58. The molecule has 0 N–H and O–H groups in total. The monoisotopic (exact) mass is 368 g/mol. The average Bonchev–Trinajstić information content (AvgIpc) is 2.84. The van der Waals surface area contributed by atoms with Crippen LogP contribution in [0.15, 0.2) is 77.7 Å². The van der Waals surface area contributed by atoms with Gasteiger partial charge in [0.15, 0.2) is 0 Å².